The van der Waals surface area contributed by atoms with E-state index in [2.05, 4.69) is 168 Å². The Bertz CT molecular complexity index is 3180. The van der Waals surface area contributed by atoms with Gasteiger partial charge in [-0.2, -0.15) is 0 Å². The third-order valence-electron chi connectivity index (χ3n) is 10.8. The van der Waals surface area contributed by atoms with E-state index in [1.54, 1.807) is 0 Å². The number of nitrogens with zero attached hydrogens (tertiary/aromatic N) is 3. The van der Waals surface area contributed by atoms with Crippen LogP contribution in [0.2, 0.25) is 0 Å². The summed E-state index contributed by atoms with van der Waals surface area (Å²) in [6, 6.07) is 70.2. The van der Waals surface area contributed by atoms with E-state index in [9.17, 15) is 0 Å². The van der Waals surface area contributed by atoms with Crippen molar-refractivity contribution in [3.63, 3.8) is 0 Å². The van der Waals surface area contributed by atoms with Gasteiger partial charge in [-0.25, -0.2) is 9.97 Å². The minimum Gasteiger partial charge on any atom is -0.455 e. The van der Waals surface area contributed by atoms with Gasteiger partial charge in [-0.15, -0.1) is 0 Å². The van der Waals surface area contributed by atoms with Crippen molar-refractivity contribution in [1.29, 1.82) is 0 Å². The summed E-state index contributed by atoms with van der Waals surface area (Å²) in [6.45, 7) is 0. The molecule has 0 saturated carbocycles. The Labute approximate surface area is 323 Å². The maximum atomic E-state index is 6.95. The molecule has 56 heavy (non-hydrogen) atoms. The highest BCUT2D eigenvalue weighted by Crippen LogP contribution is 2.42. The van der Waals surface area contributed by atoms with E-state index >= 15 is 0 Å². The number of hydrogen-bond acceptors (Lipinski definition) is 3. The Morgan fingerprint density at radius 1 is 0.339 bits per heavy atom. The van der Waals surface area contributed by atoms with Crippen molar-refractivity contribution in [2.75, 3.05) is 0 Å². The highest BCUT2D eigenvalue weighted by atomic mass is 16.3. The highest BCUT2D eigenvalue weighted by Gasteiger charge is 2.19. The topological polar surface area (TPSA) is 43.9 Å². The fourth-order valence-corrected chi connectivity index (χ4v) is 8.18. The molecule has 0 aliphatic rings. The second-order valence-corrected chi connectivity index (χ2v) is 14.2. The lowest BCUT2D eigenvalue weighted by molar-refractivity contribution is 0.671. The molecule has 0 aliphatic heterocycles. The summed E-state index contributed by atoms with van der Waals surface area (Å²) in [5.74, 6) is 0.676. The van der Waals surface area contributed by atoms with E-state index in [0.29, 0.717) is 5.82 Å². The summed E-state index contributed by atoms with van der Waals surface area (Å²) in [5, 5.41) is 4.61. The maximum Gasteiger partial charge on any atom is 0.160 e. The Morgan fingerprint density at radius 2 is 0.893 bits per heavy atom. The molecule has 0 bridgehead atoms. The van der Waals surface area contributed by atoms with Crippen molar-refractivity contribution < 1.29 is 4.42 Å². The minimum atomic E-state index is 0.676. The van der Waals surface area contributed by atoms with Crippen LogP contribution in [0.3, 0.4) is 0 Å². The molecule has 8 aromatic carbocycles. The standard InChI is InChI=1S/C52H33N3O/c1-4-15-34(16-5-1)46-33-47(54-52(53-46)35-17-6-2-7-18-35)45-27-14-26-44-43-25-13-24-40(50(43)56-51(44)45)38-20-12-19-36(31-38)37-29-30-42-41-23-10-11-28-48(41)55(49(42)32-37)39-21-8-3-9-22-39/h1-33H. The number of rotatable bonds is 6. The van der Waals surface area contributed by atoms with Crippen molar-refractivity contribution >= 4 is 43.7 Å². The smallest absolute Gasteiger partial charge is 0.160 e. The predicted molar refractivity (Wildman–Crippen MR) is 231 cm³/mol. The van der Waals surface area contributed by atoms with Crippen molar-refractivity contribution in [2.24, 2.45) is 0 Å². The number of fused-ring (bicyclic) bond motifs is 6. The van der Waals surface area contributed by atoms with Gasteiger partial charge in [0.2, 0.25) is 0 Å². The first-order valence-electron chi connectivity index (χ1n) is 18.9. The van der Waals surface area contributed by atoms with Crippen LogP contribution in [0.15, 0.2) is 205 Å². The average Bonchev–Trinajstić information content (AvgIpc) is 3.83. The first kappa shape index (κ1) is 31.9. The molecular weight excluding hydrogens is 683 g/mol. The van der Waals surface area contributed by atoms with E-state index in [-0.39, 0.29) is 0 Å². The molecule has 4 heteroatoms. The molecule has 0 N–H and O–H groups in total. The second-order valence-electron chi connectivity index (χ2n) is 14.2. The van der Waals surface area contributed by atoms with Crippen LogP contribution in [-0.4, -0.2) is 14.5 Å². The third kappa shape index (κ3) is 5.31. The Morgan fingerprint density at radius 3 is 1.68 bits per heavy atom. The van der Waals surface area contributed by atoms with E-state index in [0.717, 1.165) is 78.0 Å². The molecule has 0 saturated heterocycles. The zero-order valence-electron chi connectivity index (χ0n) is 30.3. The number of para-hydroxylation sites is 4. The van der Waals surface area contributed by atoms with Crippen molar-refractivity contribution in [2.45, 2.75) is 0 Å². The van der Waals surface area contributed by atoms with E-state index in [1.165, 1.54) is 21.8 Å². The zero-order valence-corrected chi connectivity index (χ0v) is 30.3. The van der Waals surface area contributed by atoms with Gasteiger partial charge in [0.05, 0.1) is 22.4 Å². The Kier molecular flexibility index (Phi) is 7.46. The molecule has 0 spiro atoms. The largest absolute Gasteiger partial charge is 0.455 e. The lowest BCUT2D eigenvalue weighted by atomic mass is 9.97. The quantitative estimate of drug-likeness (QED) is 0.172. The Hall–Kier alpha value is -7.56. The van der Waals surface area contributed by atoms with Gasteiger partial charge in [0, 0.05) is 49.5 Å². The molecule has 11 rings (SSSR count). The van der Waals surface area contributed by atoms with Gasteiger partial charge >= 0.3 is 0 Å². The fraction of sp³-hybridized carbons (Fsp3) is 0. The molecule has 0 radical (unpaired) electrons. The molecule has 0 fully saturated rings. The molecule has 11 aromatic rings. The SMILES string of the molecule is c1ccc(-c2cc(-c3cccc4c3oc3c(-c5cccc(-c6ccc7c8ccccc8n(-c8ccccc8)c7c6)c5)cccc34)nc(-c3ccccc3)n2)cc1. The van der Waals surface area contributed by atoms with Crippen LogP contribution in [0.4, 0.5) is 0 Å². The summed E-state index contributed by atoms with van der Waals surface area (Å²) in [6.07, 6.45) is 0. The van der Waals surface area contributed by atoms with Gasteiger partial charge in [-0.3, -0.25) is 0 Å². The van der Waals surface area contributed by atoms with E-state index in [1.807, 2.05) is 36.4 Å². The van der Waals surface area contributed by atoms with Crippen LogP contribution >= 0.6 is 0 Å². The third-order valence-corrected chi connectivity index (χ3v) is 10.8. The summed E-state index contributed by atoms with van der Waals surface area (Å²) in [5.41, 5.74) is 14.2. The monoisotopic (exact) mass is 715 g/mol. The van der Waals surface area contributed by atoms with Crippen LogP contribution in [0.1, 0.15) is 0 Å². The molecule has 3 aromatic heterocycles. The van der Waals surface area contributed by atoms with Gasteiger partial charge in [0.25, 0.3) is 0 Å². The zero-order chi connectivity index (χ0) is 37.0. The molecule has 4 nitrogen and oxygen atoms in total. The van der Waals surface area contributed by atoms with Crippen LogP contribution in [-0.2, 0) is 0 Å². The average molecular weight is 716 g/mol. The van der Waals surface area contributed by atoms with Gasteiger partial charge in [0.15, 0.2) is 5.82 Å². The van der Waals surface area contributed by atoms with Crippen molar-refractivity contribution in [3.8, 4) is 61.8 Å². The van der Waals surface area contributed by atoms with Gasteiger partial charge < -0.3 is 8.98 Å². The van der Waals surface area contributed by atoms with E-state index in [4.69, 9.17) is 14.4 Å². The fourth-order valence-electron chi connectivity index (χ4n) is 8.18. The van der Waals surface area contributed by atoms with Crippen molar-refractivity contribution in [3.05, 3.63) is 200 Å². The summed E-state index contributed by atoms with van der Waals surface area (Å²) >= 11 is 0. The number of benzene rings is 8. The molecule has 3 heterocycles. The minimum absolute atomic E-state index is 0.676. The van der Waals surface area contributed by atoms with Crippen LogP contribution in [0.5, 0.6) is 0 Å². The molecular formula is C52H33N3O. The molecule has 0 aliphatic carbocycles. The van der Waals surface area contributed by atoms with Gasteiger partial charge in [-0.05, 0) is 59.2 Å². The first-order valence-corrected chi connectivity index (χ1v) is 18.9. The van der Waals surface area contributed by atoms with Gasteiger partial charge in [-0.1, -0.05) is 158 Å². The predicted octanol–water partition coefficient (Wildman–Crippen LogP) is 13.8. The van der Waals surface area contributed by atoms with Gasteiger partial charge in [0.1, 0.15) is 11.2 Å². The van der Waals surface area contributed by atoms with Crippen molar-refractivity contribution in [1.82, 2.24) is 14.5 Å². The highest BCUT2D eigenvalue weighted by molar-refractivity contribution is 6.13. The molecule has 262 valence electrons. The molecule has 0 unspecified atom stereocenters. The Balaban J connectivity index is 1.05. The molecule has 0 atom stereocenters. The number of hydrogen-bond donors (Lipinski definition) is 0. The molecule has 0 amide bonds. The number of furan rings is 1. The lowest BCUT2D eigenvalue weighted by Gasteiger charge is -2.10. The van der Waals surface area contributed by atoms with E-state index < -0.39 is 0 Å². The maximum absolute atomic E-state index is 6.95. The van der Waals surface area contributed by atoms with Crippen LogP contribution in [0.25, 0.3) is 106 Å². The number of aromatic nitrogens is 3. The second kappa shape index (κ2) is 13.1. The summed E-state index contributed by atoms with van der Waals surface area (Å²) in [7, 11) is 0. The van der Waals surface area contributed by atoms with Crippen LogP contribution < -0.4 is 0 Å². The summed E-state index contributed by atoms with van der Waals surface area (Å²) < 4.78 is 9.32. The van der Waals surface area contributed by atoms with Crippen LogP contribution in [0, 0.1) is 0 Å². The normalized spacial score (nSPS) is 11.6. The lowest BCUT2D eigenvalue weighted by Crippen LogP contribution is -1.96. The first-order chi connectivity index (χ1) is 27.8. The summed E-state index contributed by atoms with van der Waals surface area (Å²) in [4.78, 5) is 10.1.